The molecule has 4 rings (SSSR count). The van der Waals surface area contributed by atoms with E-state index in [1.165, 1.54) is 24.3 Å². The van der Waals surface area contributed by atoms with Crippen molar-refractivity contribution in [2.75, 3.05) is 4.72 Å². The van der Waals surface area contributed by atoms with Crippen LogP contribution in [-0.4, -0.2) is 14.3 Å². The summed E-state index contributed by atoms with van der Waals surface area (Å²) in [6.07, 6.45) is 0. The number of sulfonamides is 1. The van der Waals surface area contributed by atoms with Gasteiger partial charge < -0.3 is 5.32 Å². The van der Waals surface area contributed by atoms with E-state index in [1.54, 1.807) is 23.5 Å². The standard InChI is InChI=1S/C25H22N2O3S2/c1-18-8-5-6-11-22(18)27-32(29,30)21-15-13-20(14-16-21)25(28)26-24(23-12-7-17-31-23)19-9-3-2-4-10-19/h2-17,24,27H,1H3,(H,26,28). The zero-order valence-electron chi connectivity index (χ0n) is 17.4. The fourth-order valence-electron chi connectivity index (χ4n) is 3.31. The van der Waals surface area contributed by atoms with Crippen molar-refractivity contribution in [3.63, 3.8) is 0 Å². The lowest BCUT2D eigenvalue weighted by Gasteiger charge is -2.18. The van der Waals surface area contributed by atoms with Crippen LogP contribution in [0.2, 0.25) is 0 Å². The van der Waals surface area contributed by atoms with Crippen LogP contribution in [0.4, 0.5) is 5.69 Å². The first-order valence-corrected chi connectivity index (χ1v) is 12.4. The molecule has 0 fully saturated rings. The minimum absolute atomic E-state index is 0.0927. The van der Waals surface area contributed by atoms with Crippen LogP contribution >= 0.6 is 11.3 Å². The summed E-state index contributed by atoms with van der Waals surface area (Å²) >= 11 is 1.57. The van der Waals surface area contributed by atoms with Crippen molar-refractivity contribution in [2.24, 2.45) is 0 Å². The van der Waals surface area contributed by atoms with Gasteiger partial charge in [-0.2, -0.15) is 0 Å². The number of anilines is 1. The molecule has 0 bridgehead atoms. The maximum Gasteiger partial charge on any atom is 0.261 e. The van der Waals surface area contributed by atoms with Crippen LogP contribution in [0.3, 0.4) is 0 Å². The Kier molecular flexibility index (Phi) is 6.39. The van der Waals surface area contributed by atoms with Gasteiger partial charge in [0, 0.05) is 10.4 Å². The van der Waals surface area contributed by atoms with E-state index in [1.807, 2.05) is 66.9 Å². The smallest absolute Gasteiger partial charge is 0.261 e. The van der Waals surface area contributed by atoms with E-state index in [-0.39, 0.29) is 16.8 Å². The highest BCUT2D eigenvalue weighted by Crippen LogP contribution is 2.26. The van der Waals surface area contributed by atoms with Crippen molar-refractivity contribution in [3.05, 3.63) is 118 Å². The average molecular weight is 463 g/mol. The van der Waals surface area contributed by atoms with E-state index in [4.69, 9.17) is 0 Å². The number of thiophene rings is 1. The first-order valence-electron chi connectivity index (χ1n) is 10.0. The van der Waals surface area contributed by atoms with E-state index < -0.39 is 10.0 Å². The fraction of sp³-hybridized carbons (Fsp3) is 0.0800. The Morgan fingerprint density at radius 1 is 0.844 bits per heavy atom. The molecule has 1 atom stereocenters. The average Bonchev–Trinajstić information content (AvgIpc) is 3.34. The predicted molar refractivity (Wildman–Crippen MR) is 128 cm³/mol. The van der Waals surface area contributed by atoms with Crippen molar-refractivity contribution in [1.29, 1.82) is 0 Å². The number of aryl methyl sites for hydroxylation is 1. The van der Waals surface area contributed by atoms with Crippen molar-refractivity contribution in [1.82, 2.24) is 5.32 Å². The zero-order chi connectivity index (χ0) is 22.6. The maximum atomic E-state index is 12.9. The Balaban J connectivity index is 1.53. The largest absolute Gasteiger partial charge is 0.340 e. The molecule has 1 aromatic heterocycles. The Hall–Kier alpha value is -3.42. The van der Waals surface area contributed by atoms with Crippen LogP contribution in [0.25, 0.3) is 0 Å². The molecule has 32 heavy (non-hydrogen) atoms. The van der Waals surface area contributed by atoms with Crippen molar-refractivity contribution in [3.8, 4) is 0 Å². The van der Waals surface area contributed by atoms with Gasteiger partial charge in [-0.1, -0.05) is 54.6 Å². The molecule has 162 valence electrons. The molecule has 0 aliphatic carbocycles. The lowest BCUT2D eigenvalue weighted by atomic mass is 10.0. The van der Waals surface area contributed by atoms with Gasteiger partial charge in [-0.05, 0) is 59.8 Å². The first-order chi connectivity index (χ1) is 15.4. The van der Waals surface area contributed by atoms with Gasteiger partial charge in [0.25, 0.3) is 15.9 Å². The molecule has 1 amide bonds. The summed E-state index contributed by atoms with van der Waals surface area (Å²) in [5, 5.41) is 5.03. The summed E-state index contributed by atoms with van der Waals surface area (Å²) < 4.78 is 28.1. The molecule has 1 heterocycles. The van der Waals surface area contributed by atoms with E-state index >= 15 is 0 Å². The molecule has 3 aromatic carbocycles. The molecule has 5 nitrogen and oxygen atoms in total. The van der Waals surface area contributed by atoms with Gasteiger partial charge in [-0.25, -0.2) is 8.42 Å². The lowest BCUT2D eigenvalue weighted by molar-refractivity contribution is 0.0943. The van der Waals surface area contributed by atoms with Crippen LogP contribution < -0.4 is 10.0 Å². The normalized spacial score (nSPS) is 12.2. The van der Waals surface area contributed by atoms with Crippen LogP contribution in [0.15, 0.2) is 101 Å². The second-order valence-electron chi connectivity index (χ2n) is 7.28. The number of nitrogens with one attached hydrogen (secondary N) is 2. The highest BCUT2D eigenvalue weighted by atomic mass is 32.2. The highest BCUT2D eigenvalue weighted by molar-refractivity contribution is 7.92. The quantitative estimate of drug-likeness (QED) is 0.387. The van der Waals surface area contributed by atoms with E-state index in [2.05, 4.69) is 10.0 Å². The molecule has 7 heteroatoms. The predicted octanol–water partition coefficient (Wildman–Crippen LogP) is 5.38. The monoisotopic (exact) mass is 462 g/mol. The van der Waals surface area contributed by atoms with E-state index in [0.717, 1.165) is 16.0 Å². The van der Waals surface area contributed by atoms with Gasteiger partial charge in [0.2, 0.25) is 0 Å². The molecule has 0 radical (unpaired) electrons. The van der Waals surface area contributed by atoms with Crippen molar-refractivity contribution < 1.29 is 13.2 Å². The van der Waals surface area contributed by atoms with Crippen LogP contribution in [0, 0.1) is 6.92 Å². The van der Waals surface area contributed by atoms with E-state index in [0.29, 0.717) is 11.3 Å². The number of rotatable bonds is 7. The van der Waals surface area contributed by atoms with E-state index in [9.17, 15) is 13.2 Å². The number of hydrogen-bond donors (Lipinski definition) is 2. The topological polar surface area (TPSA) is 75.3 Å². The minimum atomic E-state index is -3.76. The SMILES string of the molecule is Cc1ccccc1NS(=O)(=O)c1ccc(C(=O)NC(c2ccccc2)c2cccs2)cc1. The third-order valence-electron chi connectivity index (χ3n) is 5.05. The van der Waals surface area contributed by atoms with Crippen LogP contribution in [-0.2, 0) is 10.0 Å². The summed E-state index contributed by atoms with van der Waals surface area (Å²) in [6.45, 7) is 1.84. The summed E-state index contributed by atoms with van der Waals surface area (Å²) in [5.41, 5.74) is 2.71. The number of amides is 1. The Morgan fingerprint density at radius 3 is 2.19 bits per heavy atom. The van der Waals surface area contributed by atoms with Gasteiger partial charge >= 0.3 is 0 Å². The molecule has 0 spiro atoms. The van der Waals surface area contributed by atoms with Gasteiger partial charge in [0.15, 0.2) is 0 Å². The molecule has 0 aliphatic rings. The summed E-state index contributed by atoms with van der Waals surface area (Å²) in [4.78, 5) is 14.1. The van der Waals surface area contributed by atoms with Crippen LogP contribution in [0.1, 0.15) is 32.4 Å². The second kappa shape index (κ2) is 9.38. The second-order valence-corrected chi connectivity index (χ2v) is 9.94. The number of carbonyl (C=O) groups is 1. The third kappa shape index (κ3) is 4.90. The Bertz CT molecular complexity index is 1300. The molecular formula is C25H22N2O3S2. The molecule has 1 unspecified atom stereocenters. The van der Waals surface area contributed by atoms with Gasteiger partial charge in [0.1, 0.15) is 0 Å². The minimum Gasteiger partial charge on any atom is -0.340 e. The number of benzene rings is 3. The van der Waals surface area contributed by atoms with Crippen LogP contribution in [0.5, 0.6) is 0 Å². The van der Waals surface area contributed by atoms with Gasteiger partial charge in [-0.15, -0.1) is 11.3 Å². The third-order valence-corrected chi connectivity index (χ3v) is 7.37. The molecular weight excluding hydrogens is 440 g/mol. The molecule has 0 saturated heterocycles. The number of para-hydroxylation sites is 1. The molecule has 0 saturated carbocycles. The highest BCUT2D eigenvalue weighted by Gasteiger charge is 2.20. The molecule has 4 aromatic rings. The zero-order valence-corrected chi connectivity index (χ0v) is 19.0. The van der Waals surface area contributed by atoms with Gasteiger partial charge in [-0.3, -0.25) is 9.52 Å². The summed E-state index contributed by atoms with van der Waals surface area (Å²) in [5.74, 6) is -0.275. The Morgan fingerprint density at radius 2 is 1.53 bits per heavy atom. The van der Waals surface area contributed by atoms with Crippen molar-refractivity contribution in [2.45, 2.75) is 17.9 Å². The van der Waals surface area contributed by atoms with Gasteiger partial charge in [0.05, 0.1) is 16.6 Å². The molecule has 0 aliphatic heterocycles. The number of carbonyl (C=O) groups excluding carboxylic acids is 1. The Labute approximate surface area is 191 Å². The fourth-order valence-corrected chi connectivity index (χ4v) is 5.24. The van der Waals surface area contributed by atoms with Crippen molar-refractivity contribution >= 4 is 33.0 Å². The first kappa shape index (κ1) is 21.8. The number of hydrogen-bond acceptors (Lipinski definition) is 4. The molecule has 2 N–H and O–H groups in total. The summed E-state index contributed by atoms with van der Waals surface area (Å²) in [7, 11) is -3.76. The lowest BCUT2D eigenvalue weighted by Crippen LogP contribution is -2.28. The maximum absolute atomic E-state index is 12.9. The summed E-state index contributed by atoms with van der Waals surface area (Å²) in [6, 6.07) is 26.5.